The molecule has 0 aliphatic carbocycles. The van der Waals surface area contributed by atoms with Crippen LogP contribution >= 0.6 is 0 Å². The Labute approximate surface area is 94.5 Å². The van der Waals surface area contributed by atoms with Crippen LogP contribution in [0.2, 0.25) is 0 Å². The summed E-state index contributed by atoms with van der Waals surface area (Å²) in [6.07, 6.45) is 0.898. The van der Waals surface area contributed by atoms with Crippen molar-refractivity contribution in [3.8, 4) is 11.3 Å². The molecular weight excluding hydrogens is 202 g/mol. The quantitative estimate of drug-likeness (QED) is 0.777. The molecule has 0 amide bonds. The van der Waals surface area contributed by atoms with Gasteiger partial charge >= 0.3 is 0 Å². The van der Waals surface area contributed by atoms with Gasteiger partial charge in [-0.05, 0) is 42.3 Å². The van der Waals surface area contributed by atoms with Gasteiger partial charge in [0, 0.05) is 11.3 Å². The summed E-state index contributed by atoms with van der Waals surface area (Å²) in [6.45, 7) is 2.00. The molecule has 3 nitrogen and oxygen atoms in total. The second-order valence-electron chi connectivity index (χ2n) is 3.69. The largest absolute Gasteiger partial charge is 0.459 e. The van der Waals surface area contributed by atoms with Crippen molar-refractivity contribution in [1.29, 1.82) is 0 Å². The molecule has 0 unspecified atom stereocenters. The van der Waals surface area contributed by atoms with Crippen LogP contribution in [0.4, 0.5) is 5.69 Å². The summed E-state index contributed by atoms with van der Waals surface area (Å²) in [5.74, 6) is 1.36. The van der Waals surface area contributed by atoms with Gasteiger partial charge in [0.15, 0.2) is 0 Å². The van der Waals surface area contributed by atoms with Crippen LogP contribution in [-0.2, 0) is 13.0 Å². The first-order valence-electron chi connectivity index (χ1n) is 5.33. The number of benzene rings is 1. The molecule has 0 atom stereocenters. The van der Waals surface area contributed by atoms with E-state index >= 15 is 0 Å². The van der Waals surface area contributed by atoms with Crippen LogP contribution in [-0.4, -0.2) is 5.11 Å². The Morgan fingerprint density at radius 1 is 1.25 bits per heavy atom. The molecule has 0 fully saturated rings. The van der Waals surface area contributed by atoms with E-state index in [2.05, 4.69) is 6.92 Å². The summed E-state index contributed by atoms with van der Waals surface area (Å²) in [6, 6.07) is 9.42. The third-order valence-electron chi connectivity index (χ3n) is 2.59. The average molecular weight is 217 g/mol. The molecule has 0 saturated heterocycles. The number of hydrogen-bond donors (Lipinski definition) is 2. The standard InChI is InChI=1S/C13H15NO2/c1-2-9-7-10(14)3-5-12(9)13-6-4-11(8-15)16-13/h3-7,15H,2,8,14H2,1H3. The maximum Gasteiger partial charge on any atom is 0.134 e. The number of aryl methyl sites for hydroxylation is 1. The third kappa shape index (κ3) is 1.95. The minimum atomic E-state index is -0.0730. The smallest absolute Gasteiger partial charge is 0.134 e. The molecule has 84 valence electrons. The summed E-state index contributed by atoms with van der Waals surface area (Å²) in [5.41, 5.74) is 8.69. The zero-order valence-corrected chi connectivity index (χ0v) is 9.23. The first-order valence-corrected chi connectivity index (χ1v) is 5.33. The lowest BCUT2D eigenvalue weighted by atomic mass is 10.0. The molecule has 0 saturated carbocycles. The molecule has 0 bridgehead atoms. The van der Waals surface area contributed by atoms with Crippen molar-refractivity contribution in [2.24, 2.45) is 0 Å². The van der Waals surface area contributed by atoms with Crippen molar-refractivity contribution in [2.45, 2.75) is 20.0 Å². The molecule has 0 aliphatic heterocycles. The number of hydrogen-bond acceptors (Lipinski definition) is 3. The van der Waals surface area contributed by atoms with E-state index in [1.165, 1.54) is 0 Å². The molecule has 0 spiro atoms. The van der Waals surface area contributed by atoms with Crippen LogP contribution in [0.3, 0.4) is 0 Å². The van der Waals surface area contributed by atoms with Crippen LogP contribution in [0.25, 0.3) is 11.3 Å². The maximum atomic E-state index is 8.95. The molecule has 1 heterocycles. The van der Waals surface area contributed by atoms with Crippen molar-refractivity contribution < 1.29 is 9.52 Å². The molecule has 0 radical (unpaired) electrons. The molecule has 16 heavy (non-hydrogen) atoms. The minimum Gasteiger partial charge on any atom is -0.459 e. The lowest BCUT2D eigenvalue weighted by Gasteiger charge is -2.06. The van der Waals surface area contributed by atoms with Crippen LogP contribution in [0.15, 0.2) is 34.7 Å². The van der Waals surface area contributed by atoms with Gasteiger partial charge in [-0.2, -0.15) is 0 Å². The average Bonchev–Trinajstić information content (AvgIpc) is 2.77. The number of aliphatic hydroxyl groups excluding tert-OH is 1. The van der Waals surface area contributed by atoms with Gasteiger partial charge < -0.3 is 15.3 Å². The lowest BCUT2D eigenvalue weighted by Crippen LogP contribution is -1.91. The van der Waals surface area contributed by atoms with Crippen molar-refractivity contribution in [3.05, 3.63) is 41.7 Å². The van der Waals surface area contributed by atoms with Crippen molar-refractivity contribution >= 4 is 5.69 Å². The first-order chi connectivity index (χ1) is 7.74. The fraction of sp³-hybridized carbons (Fsp3) is 0.231. The van der Waals surface area contributed by atoms with E-state index in [-0.39, 0.29) is 6.61 Å². The first kappa shape index (κ1) is 10.8. The molecule has 1 aromatic heterocycles. The lowest BCUT2D eigenvalue weighted by molar-refractivity contribution is 0.248. The van der Waals surface area contributed by atoms with Gasteiger partial charge in [-0.25, -0.2) is 0 Å². The fourth-order valence-electron chi connectivity index (χ4n) is 1.75. The third-order valence-corrected chi connectivity index (χ3v) is 2.59. The minimum absolute atomic E-state index is 0.0730. The van der Waals surface area contributed by atoms with Crippen molar-refractivity contribution in [2.75, 3.05) is 5.73 Å². The van der Waals surface area contributed by atoms with Crippen molar-refractivity contribution in [3.63, 3.8) is 0 Å². The predicted molar refractivity (Wildman–Crippen MR) is 63.9 cm³/mol. The number of anilines is 1. The highest BCUT2D eigenvalue weighted by Crippen LogP contribution is 2.27. The Morgan fingerprint density at radius 3 is 2.69 bits per heavy atom. The van der Waals surface area contributed by atoms with Gasteiger partial charge in [-0.3, -0.25) is 0 Å². The van der Waals surface area contributed by atoms with Gasteiger partial charge in [0.1, 0.15) is 18.1 Å². The topological polar surface area (TPSA) is 59.4 Å². The molecule has 3 heteroatoms. The zero-order valence-electron chi connectivity index (χ0n) is 9.23. The number of furan rings is 1. The van der Waals surface area contributed by atoms with E-state index < -0.39 is 0 Å². The number of aliphatic hydroxyl groups is 1. The number of nitrogens with two attached hydrogens (primary N) is 1. The monoisotopic (exact) mass is 217 g/mol. The van der Waals surface area contributed by atoms with Crippen LogP contribution in [0.5, 0.6) is 0 Å². The highest BCUT2D eigenvalue weighted by molar-refractivity contribution is 5.65. The van der Waals surface area contributed by atoms with Gasteiger partial charge in [0.25, 0.3) is 0 Å². The second-order valence-corrected chi connectivity index (χ2v) is 3.69. The molecule has 1 aromatic carbocycles. The van der Waals surface area contributed by atoms with Crippen LogP contribution < -0.4 is 5.73 Å². The Hall–Kier alpha value is -1.74. The Balaban J connectivity index is 2.46. The molecule has 2 aromatic rings. The van der Waals surface area contributed by atoms with E-state index in [1.54, 1.807) is 6.07 Å². The Bertz CT molecular complexity index is 488. The second kappa shape index (κ2) is 4.41. The summed E-state index contributed by atoms with van der Waals surface area (Å²) in [7, 11) is 0. The molecule has 3 N–H and O–H groups in total. The summed E-state index contributed by atoms with van der Waals surface area (Å²) in [5, 5.41) is 8.95. The molecule has 2 rings (SSSR count). The normalized spacial score (nSPS) is 10.6. The predicted octanol–water partition coefficient (Wildman–Crippen LogP) is 2.58. The van der Waals surface area contributed by atoms with E-state index in [4.69, 9.17) is 15.3 Å². The number of rotatable bonds is 3. The zero-order chi connectivity index (χ0) is 11.5. The summed E-state index contributed by atoms with van der Waals surface area (Å²) in [4.78, 5) is 0. The summed E-state index contributed by atoms with van der Waals surface area (Å²) >= 11 is 0. The van der Waals surface area contributed by atoms with Crippen LogP contribution in [0.1, 0.15) is 18.2 Å². The number of nitrogen functional groups attached to an aromatic ring is 1. The van der Waals surface area contributed by atoms with E-state index in [0.29, 0.717) is 5.76 Å². The van der Waals surface area contributed by atoms with Gasteiger partial charge in [-0.15, -0.1) is 0 Å². The summed E-state index contributed by atoms with van der Waals surface area (Å²) < 4.78 is 5.51. The fourth-order valence-corrected chi connectivity index (χ4v) is 1.75. The SMILES string of the molecule is CCc1cc(N)ccc1-c1ccc(CO)o1. The highest BCUT2D eigenvalue weighted by atomic mass is 16.4. The van der Waals surface area contributed by atoms with Crippen LogP contribution in [0, 0.1) is 0 Å². The highest BCUT2D eigenvalue weighted by Gasteiger charge is 2.08. The molecule has 0 aliphatic rings. The van der Waals surface area contributed by atoms with Gasteiger partial charge in [0.2, 0.25) is 0 Å². The van der Waals surface area contributed by atoms with Gasteiger partial charge in [-0.1, -0.05) is 6.92 Å². The Morgan fingerprint density at radius 2 is 2.06 bits per heavy atom. The van der Waals surface area contributed by atoms with E-state index in [1.807, 2.05) is 24.3 Å². The Kier molecular flexibility index (Phi) is 2.97. The molecular formula is C13H15NO2. The van der Waals surface area contributed by atoms with E-state index in [0.717, 1.165) is 29.0 Å². The van der Waals surface area contributed by atoms with Gasteiger partial charge in [0.05, 0.1) is 0 Å². The maximum absolute atomic E-state index is 8.95. The van der Waals surface area contributed by atoms with Crippen molar-refractivity contribution in [1.82, 2.24) is 0 Å². The van der Waals surface area contributed by atoms with E-state index in [9.17, 15) is 0 Å².